The molecule has 0 aliphatic heterocycles. The van der Waals surface area contributed by atoms with E-state index >= 15 is 0 Å². The van der Waals surface area contributed by atoms with Crippen LogP contribution in [0.25, 0.3) is 0 Å². The van der Waals surface area contributed by atoms with E-state index in [9.17, 15) is 15.0 Å². The van der Waals surface area contributed by atoms with Gasteiger partial charge in [0.2, 0.25) is 0 Å². The van der Waals surface area contributed by atoms with Gasteiger partial charge in [0.25, 0.3) is 0 Å². The van der Waals surface area contributed by atoms with Crippen molar-refractivity contribution in [2.75, 3.05) is 7.11 Å². The van der Waals surface area contributed by atoms with E-state index in [1.807, 2.05) is 33.8 Å². The number of allylic oxidation sites excluding steroid dienone is 2. The maximum atomic E-state index is 12.8. The Morgan fingerprint density at radius 2 is 1.93 bits per heavy atom. The first-order valence-electron chi connectivity index (χ1n) is 9.82. The molecule has 2 rings (SSSR count). The van der Waals surface area contributed by atoms with Gasteiger partial charge in [-0.2, -0.15) is 0 Å². The van der Waals surface area contributed by atoms with Crippen LogP contribution in [0.15, 0.2) is 41.5 Å². The number of phenols is 1. The third-order valence-electron chi connectivity index (χ3n) is 5.28. The minimum absolute atomic E-state index is 0.0346. The lowest BCUT2D eigenvalue weighted by Gasteiger charge is -2.33. The van der Waals surface area contributed by atoms with Crippen LogP contribution in [0, 0.1) is 11.8 Å². The summed E-state index contributed by atoms with van der Waals surface area (Å²) in [4.78, 5) is 12.8. The van der Waals surface area contributed by atoms with E-state index in [2.05, 4.69) is 6.08 Å². The SMILES string of the molecule is COc1cc(C(=O)O[C@H]2C/C(C)=C/CCC(C)=C[C@H](O)[C@@H]2C(C)C)ccc1O. The van der Waals surface area contributed by atoms with Crippen LogP contribution in [0.3, 0.4) is 0 Å². The fraction of sp³-hybridized carbons (Fsp3) is 0.522. The maximum Gasteiger partial charge on any atom is 0.338 e. The molecule has 0 aromatic heterocycles. The second-order valence-corrected chi connectivity index (χ2v) is 7.95. The second kappa shape index (κ2) is 9.78. The molecule has 0 saturated carbocycles. The number of methoxy groups -OCH3 is 1. The van der Waals surface area contributed by atoms with Crippen LogP contribution in [0.5, 0.6) is 11.5 Å². The molecule has 0 saturated heterocycles. The molecule has 1 aliphatic rings. The lowest BCUT2D eigenvalue weighted by molar-refractivity contribution is -0.0217. The van der Waals surface area contributed by atoms with Crippen molar-refractivity contribution in [3.8, 4) is 11.5 Å². The Morgan fingerprint density at radius 3 is 2.57 bits per heavy atom. The first-order valence-corrected chi connectivity index (χ1v) is 9.82. The topological polar surface area (TPSA) is 76.0 Å². The summed E-state index contributed by atoms with van der Waals surface area (Å²) >= 11 is 0. The predicted octanol–water partition coefficient (Wildman–Crippen LogP) is 4.64. The summed E-state index contributed by atoms with van der Waals surface area (Å²) in [6, 6.07) is 4.38. The van der Waals surface area contributed by atoms with E-state index in [0.29, 0.717) is 12.0 Å². The van der Waals surface area contributed by atoms with Crippen molar-refractivity contribution in [1.29, 1.82) is 0 Å². The standard InChI is InChI=1S/C23H32O5/c1-14(2)22-19(25)11-15(3)7-6-8-16(4)12-21(22)28-23(26)17-9-10-18(24)20(13-17)27-5/h8-11,13-14,19,21-22,24-25H,6-7,12H2,1-5H3/b15-11?,16-8+/t19-,21-,22-/m0/s1. The fourth-order valence-corrected chi connectivity index (χ4v) is 3.74. The molecule has 2 N–H and O–H groups in total. The molecule has 0 fully saturated rings. The van der Waals surface area contributed by atoms with Crippen LogP contribution < -0.4 is 4.74 Å². The highest BCUT2D eigenvalue weighted by Crippen LogP contribution is 2.31. The van der Waals surface area contributed by atoms with Gasteiger partial charge in [0.05, 0.1) is 18.8 Å². The van der Waals surface area contributed by atoms with Crippen molar-refractivity contribution in [3.05, 3.63) is 47.1 Å². The number of rotatable bonds is 4. The highest BCUT2D eigenvalue weighted by molar-refractivity contribution is 5.90. The molecule has 0 spiro atoms. The van der Waals surface area contributed by atoms with E-state index in [0.717, 1.165) is 24.0 Å². The number of aromatic hydroxyl groups is 1. The third-order valence-corrected chi connectivity index (χ3v) is 5.28. The van der Waals surface area contributed by atoms with Crippen molar-refractivity contribution >= 4 is 5.97 Å². The Morgan fingerprint density at radius 1 is 1.21 bits per heavy atom. The molecule has 5 nitrogen and oxygen atoms in total. The van der Waals surface area contributed by atoms with Crippen molar-refractivity contribution in [1.82, 2.24) is 0 Å². The molecule has 1 aromatic carbocycles. The molecule has 1 aromatic rings. The number of aliphatic hydroxyl groups excluding tert-OH is 1. The lowest BCUT2D eigenvalue weighted by Crippen LogP contribution is -2.38. The minimum Gasteiger partial charge on any atom is -0.504 e. The molecule has 1 aliphatic carbocycles. The molecule has 0 unspecified atom stereocenters. The smallest absolute Gasteiger partial charge is 0.338 e. The molecule has 154 valence electrons. The van der Waals surface area contributed by atoms with Gasteiger partial charge in [-0.15, -0.1) is 0 Å². The monoisotopic (exact) mass is 388 g/mol. The Hall–Kier alpha value is -2.27. The van der Waals surface area contributed by atoms with Gasteiger partial charge < -0.3 is 19.7 Å². The number of carbonyl (C=O) groups excluding carboxylic acids is 1. The number of benzene rings is 1. The average Bonchev–Trinajstić information content (AvgIpc) is 2.61. The van der Waals surface area contributed by atoms with Gasteiger partial charge in [-0.05, 0) is 50.8 Å². The van der Waals surface area contributed by atoms with Crippen LogP contribution in [0.1, 0.15) is 57.3 Å². The number of carbonyl (C=O) groups is 1. The van der Waals surface area contributed by atoms with Crippen LogP contribution >= 0.6 is 0 Å². The molecule has 0 amide bonds. The molecular formula is C23H32O5. The highest BCUT2D eigenvalue weighted by Gasteiger charge is 2.33. The lowest BCUT2D eigenvalue weighted by atomic mass is 9.81. The first-order chi connectivity index (χ1) is 13.2. The van der Waals surface area contributed by atoms with Crippen molar-refractivity contribution in [2.45, 2.75) is 59.2 Å². The molecular weight excluding hydrogens is 356 g/mol. The van der Waals surface area contributed by atoms with E-state index in [1.54, 1.807) is 0 Å². The molecule has 0 heterocycles. The zero-order valence-corrected chi connectivity index (χ0v) is 17.4. The summed E-state index contributed by atoms with van der Waals surface area (Å²) in [6.07, 6.45) is 5.33. The average molecular weight is 389 g/mol. The number of hydrogen-bond donors (Lipinski definition) is 2. The van der Waals surface area contributed by atoms with E-state index < -0.39 is 18.2 Å². The predicted molar refractivity (Wildman–Crippen MR) is 110 cm³/mol. The molecule has 28 heavy (non-hydrogen) atoms. The van der Waals surface area contributed by atoms with Gasteiger partial charge in [-0.25, -0.2) is 4.79 Å². The summed E-state index contributed by atoms with van der Waals surface area (Å²) < 4.78 is 11.0. The van der Waals surface area contributed by atoms with E-state index in [-0.39, 0.29) is 23.3 Å². The summed E-state index contributed by atoms with van der Waals surface area (Å²) in [7, 11) is 1.43. The molecule has 3 atom stereocenters. The maximum absolute atomic E-state index is 12.8. The quantitative estimate of drug-likeness (QED) is 0.581. The van der Waals surface area contributed by atoms with Gasteiger partial charge in [0.1, 0.15) is 6.10 Å². The number of esters is 1. The van der Waals surface area contributed by atoms with Gasteiger partial charge in [0.15, 0.2) is 11.5 Å². The van der Waals surface area contributed by atoms with Crippen LogP contribution in [0.4, 0.5) is 0 Å². The first kappa shape index (κ1) is 22.0. The summed E-state index contributed by atoms with van der Waals surface area (Å²) in [5, 5.41) is 20.6. The van der Waals surface area contributed by atoms with Crippen LogP contribution in [0.2, 0.25) is 0 Å². The Balaban J connectivity index is 2.33. The molecule has 0 bridgehead atoms. The summed E-state index contributed by atoms with van der Waals surface area (Å²) in [6.45, 7) is 8.13. The fourth-order valence-electron chi connectivity index (χ4n) is 3.74. The Bertz CT molecular complexity index is 747. The molecule has 0 radical (unpaired) electrons. The number of aliphatic hydroxyl groups is 1. The van der Waals surface area contributed by atoms with Crippen LogP contribution in [-0.4, -0.2) is 35.5 Å². The van der Waals surface area contributed by atoms with Crippen molar-refractivity contribution in [2.24, 2.45) is 11.8 Å². The highest BCUT2D eigenvalue weighted by atomic mass is 16.5. The molecule has 5 heteroatoms. The van der Waals surface area contributed by atoms with Gasteiger partial charge in [0, 0.05) is 12.3 Å². The number of phenolic OH excluding ortho intramolecular Hbond substituents is 1. The second-order valence-electron chi connectivity index (χ2n) is 7.95. The van der Waals surface area contributed by atoms with Gasteiger partial charge >= 0.3 is 5.97 Å². The zero-order chi connectivity index (χ0) is 20.8. The zero-order valence-electron chi connectivity index (χ0n) is 17.4. The largest absolute Gasteiger partial charge is 0.504 e. The van der Waals surface area contributed by atoms with E-state index in [4.69, 9.17) is 9.47 Å². The Labute approximate surface area is 167 Å². The van der Waals surface area contributed by atoms with Crippen LogP contribution in [-0.2, 0) is 4.74 Å². The summed E-state index contributed by atoms with van der Waals surface area (Å²) in [5.41, 5.74) is 2.59. The van der Waals surface area contributed by atoms with Gasteiger partial charge in [-0.3, -0.25) is 0 Å². The number of hydrogen-bond acceptors (Lipinski definition) is 5. The van der Waals surface area contributed by atoms with Crippen molar-refractivity contribution in [3.63, 3.8) is 0 Å². The van der Waals surface area contributed by atoms with Gasteiger partial charge in [-0.1, -0.05) is 37.1 Å². The number of ether oxygens (including phenoxy) is 2. The Kier molecular flexibility index (Phi) is 7.69. The van der Waals surface area contributed by atoms with E-state index in [1.165, 1.54) is 25.3 Å². The minimum atomic E-state index is -0.682. The third kappa shape index (κ3) is 5.61. The van der Waals surface area contributed by atoms with Crippen molar-refractivity contribution < 1.29 is 24.5 Å². The summed E-state index contributed by atoms with van der Waals surface area (Å²) in [5.74, 6) is -0.410. The normalized spacial score (nSPS) is 25.5.